The minimum absolute atomic E-state index is 0.316. The average molecular weight is 380 g/mol. The first-order valence-corrected chi connectivity index (χ1v) is 6.97. The summed E-state index contributed by atoms with van der Waals surface area (Å²) in [5, 5.41) is 3.62. The lowest BCUT2D eigenvalue weighted by Crippen LogP contribution is -2.12. The number of nitrogens with one attached hydrogen (secondary N) is 1. The van der Waals surface area contributed by atoms with Crippen LogP contribution in [0.25, 0.3) is 0 Å². The minimum atomic E-state index is -0.316. The lowest BCUT2D eigenvalue weighted by atomic mass is 10.2. The molecule has 19 heavy (non-hydrogen) atoms. The average Bonchev–Trinajstić information content (AvgIpc) is 2.36. The van der Waals surface area contributed by atoms with E-state index in [1.54, 1.807) is 12.1 Å². The van der Waals surface area contributed by atoms with Crippen molar-refractivity contribution in [1.82, 2.24) is 4.98 Å². The number of hydrogen-bond acceptors (Lipinski definition) is 2. The van der Waals surface area contributed by atoms with Crippen LogP contribution in [0.15, 0.2) is 35.1 Å². The fraction of sp³-hybridized carbons (Fsp3) is 0. The molecule has 1 N–H and O–H groups in total. The Morgan fingerprint density at radius 1 is 1.11 bits per heavy atom. The third-order valence-electron chi connectivity index (χ3n) is 2.25. The number of amides is 1. The standard InChI is InChI=1S/C12H6BrCl3N2O/c13-11-3-6(1-2-17-11)12(19)18-10-5-8(15)7(14)4-9(10)16/h1-5H,(H,18,19). The summed E-state index contributed by atoms with van der Waals surface area (Å²) < 4.78 is 0.570. The second-order valence-electron chi connectivity index (χ2n) is 3.57. The molecule has 0 bridgehead atoms. The Morgan fingerprint density at radius 3 is 2.47 bits per heavy atom. The number of anilines is 1. The maximum atomic E-state index is 12.0. The predicted octanol–water partition coefficient (Wildman–Crippen LogP) is 5.06. The van der Waals surface area contributed by atoms with Gasteiger partial charge in [-0.2, -0.15) is 0 Å². The third kappa shape index (κ3) is 3.60. The molecule has 1 aromatic carbocycles. The summed E-state index contributed by atoms with van der Waals surface area (Å²) in [4.78, 5) is 16.0. The molecule has 98 valence electrons. The molecule has 1 heterocycles. The Kier molecular flexibility index (Phi) is 4.68. The number of nitrogens with zero attached hydrogens (tertiary/aromatic N) is 1. The van der Waals surface area contributed by atoms with Crippen LogP contribution in [0.5, 0.6) is 0 Å². The summed E-state index contributed by atoms with van der Waals surface area (Å²) >= 11 is 20.9. The first-order chi connectivity index (χ1) is 8.97. The van der Waals surface area contributed by atoms with E-state index in [1.807, 2.05) is 0 Å². The van der Waals surface area contributed by atoms with Gasteiger partial charge in [-0.05, 0) is 40.2 Å². The number of halogens is 4. The number of hydrogen-bond donors (Lipinski definition) is 1. The lowest BCUT2D eigenvalue weighted by molar-refractivity contribution is 0.102. The van der Waals surface area contributed by atoms with Gasteiger partial charge in [0, 0.05) is 11.8 Å². The van der Waals surface area contributed by atoms with E-state index < -0.39 is 0 Å². The predicted molar refractivity (Wildman–Crippen MR) is 81.4 cm³/mol. The molecule has 0 aliphatic carbocycles. The first kappa shape index (κ1) is 14.6. The highest BCUT2D eigenvalue weighted by Crippen LogP contribution is 2.32. The van der Waals surface area contributed by atoms with E-state index in [4.69, 9.17) is 34.8 Å². The van der Waals surface area contributed by atoms with Crippen molar-refractivity contribution in [1.29, 1.82) is 0 Å². The molecule has 0 unspecified atom stereocenters. The van der Waals surface area contributed by atoms with E-state index in [-0.39, 0.29) is 5.91 Å². The number of rotatable bonds is 2. The van der Waals surface area contributed by atoms with Gasteiger partial charge < -0.3 is 5.32 Å². The van der Waals surface area contributed by atoms with E-state index in [9.17, 15) is 4.79 Å². The van der Waals surface area contributed by atoms with Gasteiger partial charge in [-0.25, -0.2) is 4.98 Å². The van der Waals surface area contributed by atoms with Crippen LogP contribution in [0.2, 0.25) is 15.1 Å². The topological polar surface area (TPSA) is 42.0 Å². The Morgan fingerprint density at radius 2 is 1.79 bits per heavy atom. The zero-order chi connectivity index (χ0) is 14.0. The summed E-state index contributed by atoms with van der Waals surface area (Å²) in [6.07, 6.45) is 1.52. The van der Waals surface area contributed by atoms with Crippen LogP contribution in [0.1, 0.15) is 10.4 Å². The summed E-state index contributed by atoms with van der Waals surface area (Å²) in [6, 6.07) is 6.16. The highest BCUT2D eigenvalue weighted by molar-refractivity contribution is 9.10. The second-order valence-corrected chi connectivity index (χ2v) is 5.60. The smallest absolute Gasteiger partial charge is 0.255 e. The normalized spacial score (nSPS) is 10.3. The van der Waals surface area contributed by atoms with Gasteiger partial charge in [0.2, 0.25) is 0 Å². The van der Waals surface area contributed by atoms with Crippen LogP contribution in [-0.2, 0) is 0 Å². The third-order valence-corrected chi connectivity index (χ3v) is 3.72. The zero-order valence-electron chi connectivity index (χ0n) is 9.25. The molecular formula is C12H6BrCl3N2O. The molecule has 1 aromatic heterocycles. The number of carbonyl (C=O) groups excluding carboxylic acids is 1. The van der Waals surface area contributed by atoms with Crippen LogP contribution >= 0.6 is 50.7 Å². The Bertz CT molecular complexity index is 649. The molecular weight excluding hydrogens is 374 g/mol. The van der Waals surface area contributed by atoms with E-state index in [0.29, 0.717) is 30.9 Å². The molecule has 0 saturated carbocycles. The monoisotopic (exact) mass is 378 g/mol. The number of benzene rings is 1. The summed E-state index contributed by atoms with van der Waals surface area (Å²) in [5.41, 5.74) is 0.845. The molecule has 1 amide bonds. The molecule has 0 atom stereocenters. The van der Waals surface area contributed by atoms with Gasteiger partial charge in [0.1, 0.15) is 4.60 Å². The van der Waals surface area contributed by atoms with Crippen LogP contribution in [-0.4, -0.2) is 10.9 Å². The molecule has 0 aliphatic heterocycles. The Labute approximate surface area is 133 Å². The maximum absolute atomic E-state index is 12.0. The van der Waals surface area contributed by atoms with Crippen molar-refractivity contribution >= 4 is 62.3 Å². The van der Waals surface area contributed by atoms with Crippen molar-refractivity contribution < 1.29 is 4.79 Å². The molecule has 2 aromatic rings. The fourth-order valence-corrected chi connectivity index (χ4v) is 2.32. The minimum Gasteiger partial charge on any atom is -0.321 e. The van der Waals surface area contributed by atoms with Crippen LogP contribution in [0, 0.1) is 0 Å². The quantitative estimate of drug-likeness (QED) is 0.585. The van der Waals surface area contributed by atoms with Gasteiger partial charge in [-0.15, -0.1) is 0 Å². The summed E-state index contributed by atoms with van der Waals surface area (Å²) in [6.45, 7) is 0. The second kappa shape index (κ2) is 6.09. The largest absolute Gasteiger partial charge is 0.321 e. The molecule has 0 saturated heterocycles. The molecule has 7 heteroatoms. The van der Waals surface area contributed by atoms with Gasteiger partial charge in [0.25, 0.3) is 5.91 Å². The van der Waals surface area contributed by atoms with Crippen molar-refractivity contribution in [3.63, 3.8) is 0 Å². The number of pyridine rings is 1. The van der Waals surface area contributed by atoms with Gasteiger partial charge in [-0.1, -0.05) is 34.8 Å². The number of aromatic nitrogens is 1. The highest BCUT2D eigenvalue weighted by Gasteiger charge is 2.11. The SMILES string of the molecule is O=C(Nc1cc(Cl)c(Cl)cc1Cl)c1ccnc(Br)c1. The zero-order valence-corrected chi connectivity index (χ0v) is 13.1. The lowest BCUT2D eigenvalue weighted by Gasteiger charge is -2.08. The highest BCUT2D eigenvalue weighted by atomic mass is 79.9. The van der Waals surface area contributed by atoms with Crippen LogP contribution in [0.3, 0.4) is 0 Å². The van der Waals surface area contributed by atoms with E-state index in [1.165, 1.54) is 18.3 Å². The van der Waals surface area contributed by atoms with Crippen LogP contribution in [0.4, 0.5) is 5.69 Å². The first-order valence-electron chi connectivity index (χ1n) is 5.05. The Balaban J connectivity index is 2.27. The van der Waals surface area contributed by atoms with Crippen molar-refractivity contribution in [3.8, 4) is 0 Å². The van der Waals surface area contributed by atoms with Crippen LogP contribution < -0.4 is 5.32 Å². The van der Waals surface area contributed by atoms with Crippen molar-refractivity contribution in [2.45, 2.75) is 0 Å². The van der Waals surface area contributed by atoms with Crippen molar-refractivity contribution in [3.05, 3.63) is 55.7 Å². The molecule has 0 radical (unpaired) electrons. The van der Waals surface area contributed by atoms with Gasteiger partial charge in [0.15, 0.2) is 0 Å². The molecule has 2 rings (SSSR count). The van der Waals surface area contributed by atoms with Gasteiger partial charge in [-0.3, -0.25) is 4.79 Å². The summed E-state index contributed by atoms with van der Waals surface area (Å²) in [7, 11) is 0. The van der Waals surface area contributed by atoms with Crippen molar-refractivity contribution in [2.24, 2.45) is 0 Å². The van der Waals surface area contributed by atoms with E-state index in [2.05, 4.69) is 26.2 Å². The van der Waals surface area contributed by atoms with Gasteiger partial charge in [0.05, 0.1) is 20.8 Å². The molecule has 0 aliphatic rings. The van der Waals surface area contributed by atoms with Crippen molar-refractivity contribution in [2.75, 3.05) is 5.32 Å². The molecule has 3 nitrogen and oxygen atoms in total. The Hall–Kier alpha value is -0.810. The fourth-order valence-electron chi connectivity index (χ4n) is 1.36. The molecule has 0 fully saturated rings. The number of carbonyl (C=O) groups is 1. The van der Waals surface area contributed by atoms with E-state index >= 15 is 0 Å². The summed E-state index contributed by atoms with van der Waals surface area (Å²) in [5.74, 6) is -0.316. The maximum Gasteiger partial charge on any atom is 0.255 e. The van der Waals surface area contributed by atoms with Gasteiger partial charge >= 0.3 is 0 Å². The molecule has 0 spiro atoms. The van der Waals surface area contributed by atoms with E-state index in [0.717, 1.165) is 0 Å².